The standard InChI is InChI=1S/C19H22N2O3/c1-13-10-11-20-17(12-13)21(18(23)24-19(3,4)5)16-8-6-15(7-9-16)14(2)22/h6-12H,1-5H3. The third-order valence-corrected chi connectivity index (χ3v) is 3.24. The highest BCUT2D eigenvalue weighted by Gasteiger charge is 2.26. The summed E-state index contributed by atoms with van der Waals surface area (Å²) in [7, 11) is 0. The minimum Gasteiger partial charge on any atom is -0.443 e. The highest BCUT2D eigenvalue weighted by Crippen LogP contribution is 2.27. The number of aromatic nitrogens is 1. The second-order valence-corrected chi connectivity index (χ2v) is 6.61. The van der Waals surface area contributed by atoms with Gasteiger partial charge in [0, 0.05) is 11.8 Å². The number of rotatable bonds is 3. The largest absolute Gasteiger partial charge is 0.443 e. The number of ketones is 1. The Morgan fingerprint density at radius 2 is 1.71 bits per heavy atom. The van der Waals surface area contributed by atoms with E-state index in [1.54, 1.807) is 30.5 Å². The second kappa shape index (κ2) is 6.83. The molecule has 1 aromatic carbocycles. The number of anilines is 2. The fourth-order valence-electron chi connectivity index (χ4n) is 2.13. The van der Waals surface area contributed by atoms with Crippen LogP contribution in [0, 0.1) is 6.92 Å². The van der Waals surface area contributed by atoms with Gasteiger partial charge in [-0.2, -0.15) is 0 Å². The fraction of sp³-hybridized carbons (Fsp3) is 0.316. The summed E-state index contributed by atoms with van der Waals surface area (Å²) in [6, 6.07) is 10.5. The van der Waals surface area contributed by atoms with Crippen molar-refractivity contribution in [2.45, 2.75) is 40.2 Å². The van der Waals surface area contributed by atoms with Crippen molar-refractivity contribution in [2.75, 3.05) is 4.90 Å². The predicted octanol–water partition coefficient (Wildman–Crippen LogP) is 4.67. The summed E-state index contributed by atoms with van der Waals surface area (Å²) < 4.78 is 5.51. The van der Waals surface area contributed by atoms with Gasteiger partial charge in [-0.3, -0.25) is 4.79 Å². The van der Waals surface area contributed by atoms with Gasteiger partial charge in [0.25, 0.3) is 0 Å². The number of benzene rings is 1. The van der Waals surface area contributed by atoms with Crippen LogP contribution in [0.1, 0.15) is 43.6 Å². The fourth-order valence-corrected chi connectivity index (χ4v) is 2.13. The molecule has 5 heteroatoms. The van der Waals surface area contributed by atoms with Gasteiger partial charge in [-0.25, -0.2) is 14.7 Å². The normalized spacial score (nSPS) is 11.0. The van der Waals surface area contributed by atoms with Crippen LogP contribution in [0.5, 0.6) is 0 Å². The molecule has 5 nitrogen and oxygen atoms in total. The summed E-state index contributed by atoms with van der Waals surface area (Å²) in [5, 5.41) is 0. The van der Waals surface area contributed by atoms with Crippen LogP contribution in [0.25, 0.3) is 0 Å². The van der Waals surface area contributed by atoms with E-state index in [2.05, 4.69) is 4.98 Å². The number of hydrogen-bond donors (Lipinski definition) is 0. The molecule has 2 aromatic rings. The van der Waals surface area contributed by atoms with Crippen LogP contribution in [0.4, 0.5) is 16.3 Å². The van der Waals surface area contributed by atoms with Crippen LogP contribution in [-0.2, 0) is 4.74 Å². The van der Waals surface area contributed by atoms with E-state index in [-0.39, 0.29) is 5.78 Å². The molecule has 2 rings (SSSR count). The van der Waals surface area contributed by atoms with Gasteiger partial charge in [-0.1, -0.05) is 0 Å². The zero-order valence-corrected chi connectivity index (χ0v) is 14.7. The zero-order chi connectivity index (χ0) is 17.9. The quantitative estimate of drug-likeness (QED) is 0.769. The average Bonchev–Trinajstić information content (AvgIpc) is 2.46. The predicted molar refractivity (Wildman–Crippen MR) is 93.8 cm³/mol. The van der Waals surface area contributed by atoms with Crippen LogP contribution in [-0.4, -0.2) is 22.5 Å². The number of aryl methyl sites for hydroxylation is 1. The monoisotopic (exact) mass is 326 g/mol. The summed E-state index contributed by atoms with van der Waals surface area (Å²) in [6.45, 7) is 8.86. The number of carbonyl (C=O) groups is 2. The Labute approximate surface area is 142 Å². The average molecular weight is 326 g/mol. The van der Waals surface area contributed by atoms with Crippen molar-refractivity contribution < 1.29 is 14.3 Å². The number of amides is 1. The summed E-state index contributed by atoms with van der Waals surface area (Å²) in [5.74, 6) is 0.443. The van der Waals surface area contributed by atoms with Crippen molar-refractivity contribution in [1.29, 1.82) is 0 Å². The molecule has 1 heterocycles. The van der Waals surface area contributed by atoms with Crippen molar-refractivity contribution in [2.24, 2.45) is 0 Å². The number of ether oxygens (including phenoxy) is 1. The number of carbonyl (C=O) groups excluding carboxylic acids is 2. The molecule has 0 aliphatic carbocycles. The van der Waals surface area contributed by atoms with Crippen LogP contribution in [0.2, 0.25) is 0 Å². The topological polar surface area (TPSA) is 59.5 Å². The first kappa shape index (κ1) is 17.7. The molecule has 0 saturated carbocycles. The Hall–Kier alpha value is -2.69. The Balaban J connectivity index is 2.46. The summed E-state index contributed by atoms with van der Waals surface area (Å²) in [4.78, 5) is 29.8. The molecular weight excluding hydrogens is 304 g/mol. The van der Waals surface area contributed by atoms with Gasteiger partial charge in [-0.15, -0.1) is 0 Å². The molecular formula is C19H22N2O3. The molecule has 1 aromatic heterocycles. The molecule has 0 N–H and O–H groups in total. The van der Waals surface area contributed by atoms with E-state index < -0.39 is 11.7 Å². The molecule has 0 fully saturated rings. The Morgan fingerprint density at radius 1 is 1.08 bits per heavy atom. The highest BCUT2D eigenvalue weighted by molar-refractivity contribution is 5.97. The third kappa shape index (κ3) is 4.41. The van der Waals surface area contributed by atoms with Crippen LogP contribution in [0.3, 0.4) is 0 Å². The van der Waals surface area contributed by atoms with Gasteiger partial charge in [0.1, 0.15) is 11.4 Å². The summed E-state index contributed by atoms with van der Waals surface area (Å²) >= 11 is 0. The Bertz CT molecular complexity index is 746. The molecule has 0 unspecified atom stereocenters. The SMILES string of the molecule is CC(=O)c1ccc(N(C(=O)OC(C)(C)C)c2cc(C)ccn2)cc1. The summed E-state index contributed by atoms with van der Waals surface area (Å²) in [6.07, 6.45) is 1.13. The van der Waals surface area contributed by atoms with E-state index in [0.717, 1.165) is 5.56 Å². The highest BCUT2D eigenvalue weighted by atomic mass is 16.6. The zero-order valence-electron chi connectivity index (χ0n) is 14.7. The molecule has 0 atom stereocenters. The van der Waals surface area contributed by atoms with Gasteiger partial charge in [0.05, 0.1) is 5.69 Å². The maximum atomic E-state index is 12.7. The van der Waals surface area contributed by atoms with Crippen molar-refractivity contribution in [3.8, 4) is 0 Å². The molecule has 126 valence electrons. The molecule has 24 heavy (non-hydrogen) atoms. The third-order valence-electron chi connectivity index (χ3n) is 3.24. The molecule has 1 amide bonds. The van der Waals surface area contributed by atoms with Crippen LogP contribution in [0.15, 0.2) is 42.6 Å². The van der Waals surface area contributed by atoms with E-state index >= 15 is 0 Å². The second-order valence-electron chi connectivity index (χ2n) is 6.61. The summed E-state index contributed by atoms with van der Waals surface area (Å²) in [5.41, 5.74) is 1.53. The lowest BCUT2D eigenvalue weighted by atomic mass is 10.1. The van der Waals surface area contributed by atoms with Crippen molar-refractivity contribution >= 4 is 23.4 Å². The molecule has 0 saturated heterocycles. The van der Waals surface area contributed by atoms with Crippen molar-refractivity contribution in [3.63, 3.8) is 0 Å². The molecule has 0 spiro atoms. The smallest absolute Gasteiger partial charge is 0.420 e. The minimum absolute atomic E-state index is 0.0287. The lowest BCUT2D eigenvalue weighted by Crippen LogP contribution is -2.34. The minimum atomic E-state index is -0.627. The van der Waals surface area contributed by atoms with E-state index in [0.29, 0.717) is 17.1 Å². The van der Waals surface area contributed by atoms with Gasteiger partial charge < -0.3 is 4.74 Å². The lowest BCUT2D eigenvalue weighted by molar-refractivity contribution is 0.0598. The van der Waals surface area contributed by atoms with Crippen molar-refractivity contribution in [3.05, 3.63) is 53.7 Å². The van der Waals surface area contributed by atoms with Crippen LogP contribution < -0.4 is 4.90 Å². The first-order valence-corrected chi connectivity index (χ1v) is 7.74. The number of hydrogen-bond acceptors (Lipinski definition) is 4. The van der Waals surface area contributed by atoms with E-state index in [4.69, 9.17) is 4.74 Å². The first-order chi connectivity index (χ1) is 11.2. The first-order valence-electron chi connectivity index (χ1n) is 7.74. The van der Waals surface area contributed by atoms with Gasteiger partial charge in [0.15, 0.2) is 5.78 Å². The molecule has 0 aliphatic heterocycles. The molecule has 0 aliphatic rings. The van der Waals surface area contributed by atoms with Gasteiger partial charge in [-0.05, 0) is 76.6 Å². The van der Waals surface area contributed by atoms with Gasteiger partial charge >= 0.3 is 6.09 Å². The number of pyridine rings is 1. The van der Waals surface area contributed by atoms with Crippen molar-refractivity contribution in [1.82, 2.24) is 4.98 Å². The van der Waals surface area contributed by atoms with E-state index in [9.17, 15) is 9.59 Å². The molecule has 0 radical (unpaired) electrons. The van der Waals surface area contributed by atoms with E-state index in [1.165, 1.54) is 11.8 Å². The maximum Gasteiger partial charge on any atom is 0.420 e. The Morgan fingerprint density at radius 3 is 2.21 bits per heavy atom. The number of nitrogens with zero attached hydrogens (tertiary/aromatic N) is 2. The van der Waals surface area contributed by atoms with Gasteiger partial charge in [0.2, 0.25) is 0 Å². The maximum absolute atomic E-state index is 12.7. The molecule has 0 bridgehead atoms. The number of Topliss-reactive ketones (excluding diaryl/α,β-unsaturated/α-hetero) is 1. The lowest BCUT2D eigenvalue weighted by Gasteiger charge is -2.27. The van der Waals surface area contributed by atoms with E-state index in [1.807, 2.05) is 39.8 Å². The van der Waals surface area contributed by atoms with Crippen LogP contribution >= 0.6 is 0 Å². The Kier molecular flexibility index (Phi) is 5.02.